The summed E-state index contributed by atoms with van der Waals surface area (Å²) in [4.78, 5) is 30.8. The Balaban J connectivity index is 1.59. The monoisotopic (exact) mass is 450 g/mol. The van der Waals surface area contributed by atoms with E-state index in [9.17, 15) is 14.0 Å². The van der Waals surface area contributed by atoms with Crippen molar-refractivity contribution in [3.8, 4) is 0 Å². The van der Waals surface area contributed by atoms with Gasteiger partial charge >= 0.3 is 5.97 Å². The number of carbonyl (C=O) groups excluding carboxylic acids is 2. The van der Waals surface area contributed by atoms with Crippen molar-refractivity contribution in [1.29, 1.82) is 0 Å². The molecule has 5 nitrogen and oxygen atoms in total. The van der Waals surface area contributed by atoms with Crippen molar-refractivity contribution in [2.45, 2.75) is 32.6 Å². The minimum absolute atomic E-state index is 0.223. The summed E-state index contributed by atoms with van der Waals surface area (Å²) in [6.07, 6.45) is 5.59. The first kappa shape index (κ1) is 21.9. The summed E-state index contributed by atoms with van der Waals surface area (Å²) in [6, 6.07) is 12.7. The number of fused-ring (bicyclic) bond motifs is 1. The molecule has 0 saturated carbocycles. The maximum Gasteiger partial charge on any atom is 0.338 e. The first-order chi connectivity index (χ1) is 15.5. The number of rotatable bonds is 6. The number of aryl methyl sites for hydroxylation is 1. The number of ether oxygens (including phenoxy) is 1. The van der Waals surface area contributed by atoms with E-state index >= 15 is 0 Å². The standard InChI is InChI=1S/C25H23FN2O3S/c1-2-31-25(30)17-9-13-19(14-10-17)28-23(29)22-20-5-3-4-6-21(20)32-24(22)27-15-16-7-11-18(26)12-8-16/h7-15H,2-6H2,1H3,(H,28,29). The third-order valence-electron chi connectivity index (χ3n) is 5.23. The number of benzene rings is 2. The average Bonchev–Trinajstić information content (AvgIpc) is 3.18. The summed E-state index contributed by atoms with van der Waals surface area (Å²) < 4.78 is 18.2. The van der Waals surface area contributed by atoms with Gasteiger partial charge < -0.3 is 10.1 Å². The Bertz CT molecular complexity index is 1150. The number of esters is 1. The minimum atomic E-state index is -0.394. The molecule has 0 atom stereocenters. The molecule has 3 aromatic rings. The molecule has 1 heterocycles. The number of hydrogen-bond donors (Lipinski definition) is 1. The fourth-order valence-corrected chi connectivity index (χ4v) is 4.89. The van der Waals surface area contributed by atoms with Gasteiger partial charge in [0.2, 0.25) is 0 Å². The zero-order chi connectivity index (χ0) is 22.5. The van der Waals surface area contributed by atoms with Gasteiger partial charge in [-0.25, -0.2) is 14.2 Å². The van der Waals surface area contributed by atoms with Gasteiger partial charge in [-0.2, -0.15) is 0 Å². The van der Waals surface area contributed by atoms with E-state index in [1.807, 2.05) is 0 Å². The zero-order valence-corrected chi connectivity index (χ0v) is 18.5. The van der Waals surface area contributed by atoms with Gasteiger partial charge in [-0.1, -0.05) is 12.1 Å². The second-order valence-corrected chi connectivity index (χ2v) is 8.54. The molecule has 32 heavy (non-hydrogen) atoms. The summed E-state index contributed by atoms with van der Waals surface area (Å²) in [7, 11) is 0. The molecule has 164 valence electrons. The Kier molecular flexibility index (Phi) is 6.75. The number of anilines is 1. The molecule has 4 rings (SSSR count). The van der Waals surface area contributed by atoms with Crippen molar-refractivity contribution < 1.29 is 18.7 Å². The molecule has 0 bridgehead atoms. The van der Waals surface area contributed by atoms with Crippen LogP contribution in [0.3, 0.4) is 0 Å². The van der Waals surface area contributed by atoms with Gasteiger partial charge in [0, 0.05) is 16.8 Å². The van der Waals surface area contributed by atoms with E-state index in [1.54, 1.807) is 60.9 Å². The van der Waals surface area contributed by atoms with E-state index in [-0.39, 0.29) is 11.7 Å². The highest BCUT2D eigenvalue weighted by Crippen LogP contribution is 2.40. The zero-order valence-electron chi connectivity index (χ0n) is 17.7. The van der Waals surface area contributed by atoms with Crippen LogP contribution in [0.15, 0.2) is 53.5 Å². The molecule has 0 saturated heterocycles. The van der Waals surface area contributed by atoms with Gasteiger partial charge in [-0.15, -0.1) is 11.3 Å². The van der Waals surface area contributed by atoms with Crippen molar-refractivity contribution in [1.82, 2.24) is 0 Å². The number of aliphatic imine (C=N–C) groups is 1. The van der Waals surface area contributed by atoms with Gasteiger partial charge in [-0.3, -0.25) is 4.79 Å². The number of nitrogens with zero attached hydrogens (tertiary/aromatic N) is 1. The van der Waals surface area contributed by atoms with Crippen LogP contribution in [0.2, 0.25) is 0 Å². The van der Waals surface area contributed by atoms with Crippen molar-refractivity contribution in [2.24, 2.45) is 4.99 Å². The van der Waals surface area contributed by atoms with Crippen LogP contribution in [0.25, 0.3) is 0 Å². The number of carbonyl (C=O) groups is 2. The van der Waals surface area contributed by atoms with Gasteiger partial charge in [0.1, 0.15) is 10.8 Å². The van der Waals surface area contributed by atoms with E-state index in [4.69, 9.17) is 4.74 Å². The van der Waals surface area contributed by atoms with Crippen LogP contribution in [-0.2, 0) is 17.6 Å². The molecule has 2 aromatic carbocycles. The molecule has 0 aliphatic heterocycles. The highest BCUT2D eigenvalue weighted by atomic mass is 32.1. The van der Waals surface area contributed by atoms with Gasteiger partial charge in [0.05, 0.1) is 17.7 Å². The highest BCUT2D eigenvalue weighted by molar-refractivity contribution is 7.16. The fraction of sp³-hybridized carbons (Fsp3) is 0.240. The predicted octanol–water partition coefficient (Wildman–Crippen LogP) is 5.95. The topological polar surface area (TPSA) is 67.8 Å². The normalized spacial score (nSPS) is 13.1. The lowest BCUT2D eigenvalue weighted by atomic mass is 9.95. The molecule has 1 aliphatic rings. The van der Waals surface area contributed by atoms with Crippen LogP contribution in [0.5, 0.6) is 0 Å². The van der Waals surface area contributed by atoms with Crippen LogP contribution in [-0.4, -0.2) is 24.7 Å². The quantitative estimate of drug-likeness (QED) is 0.373. The summed E-state index contributed by atoms with van der Waals surface area (Å²) in [6.45, 7) is 2.06. The Morgan fingerprint density at radius 3 is 2.53 bits per heavy atom. The number of nitrogens with one attached hydrogen (secondary N) is 1. The molecule has 1 N–H and O–H groups in total. The third kappa shape index (κ3) is 4.94. The van der Waals surface area contributed by atoms with E-state index in [0.29, 0.717) is 28.4 Å². The van der Waals surface area contributed by atoms with Crippen LogP contribution in [0.1, 0.15) is 56.5 Å². The lowest BCUT2D eigenvalue weighted by molar-refractivity contribution is 0.0526. The lowest BCUT2D eigenvalue weighted by Gasteiger charge is -2.13. The van der Waals surface area contributed by atoms with Crippen molar-refractivity contribution >= 4 is 40.1 Å². The molecule has 1 amide bonds. The largest absolute Gasteiger partial charge is 0.462 e. The van der Waals surface area contributed by atoms with Gasteiger partial charge in [0.15, 0.2) is 0 Å². The number of halogens is 1. The number of amides is 1. The first-order valence-corrected chi connectivity index (χ1v) is 11.4. The molecule has 0 spiro atoms. The fourth-order valence-electron chi connectivity index (χ4n) is 3.66. The maximum absolute atomic E-state index is 13.2. The first-order valence-electron chi connectivity index (χ1n) is 10.6. The number of hydrogen-bond acceptors (Lipinski definition) is 5. The number of thiophene rings is 1. The molecular formula is C25H23FN2O3S. The Morgan fingerprint density at radius 2 is 1.81 bits per heavy atom. The summed E-state index contributed by atoms with van der Waals surface area (Å²) in [5.74, 6) is -0.919. The Labute approximate surface area is 190 Å². The van der Waals surface area contributed by atoms with Crippen molar-refractivity contribution in [2.75, 3.05) is 11.9 Å². The smallest absolute Gasteiger partial charge is 0.338 e. The summed E-state index contributed by atoms with van der Waals surface area (Å²) >= 11 is 1.54. The van der Waals surface area contributed by atoms with E-state index in [0.717, 1.165) is 36.8 Å². The second kappa shape index (κ2) is 9.87. The van der Waals surface area contributed by atoms with Crippen molar-refractivity contribution in [3.05, 3.63) is 81.5 Å². The van der Waals surface area contributed by atoms with E-state index < -0.39 is 5.97 Å². The van der Waals surface area contributed by atoms with Crippen LogP contribution in [0, 0.1) is 5.82 Å². The molecular weight excluding hydrogens is 427 g/mol. The predicted molar refractivity (Wildman–Crippen MR) is 125 cm³/mol. The molecule has 7 heteroatoms. The molecule has 1 aliphatic carbocycles. The van der Waals surface area contributed by atoms with Crippen LogP contribution >= 0.6 is 11.3 Å². The summed E-state index contributed by atoms with van der Waals surface area (Å²) in [5, 5.41) is 3.59. The molecule has 0 unspecified atom stereocenters. The Morgan fingerprint density at radius 1 is 1.09 bits per heavy atom. The van der Waals surface area contributed by atoms with Gasteiger partial charge in [-0.05, 0) is 80.1 Å². The average molecular weight is 451 g/mol. The molecule has 1 aromatic heterocycles. The summed E-state index contributed by atoms with van der Waals surface area (Å²) in [5.41, 5.74) is 3.44. The van der Waals surface area contributed by atoms with Crippen LogP contribution in [0.4, 0.5) is 15.1 Å². The Hall–Kier alpha value is -3.32. The maximum atomic E-state index is 13.2. The lowest BCUT2D eigenvalue weighted by Crippen LogP contribution is -2.15. The minimum Gasteiger partial charge on any atom is -0.462 e. The molecule has 0 radical (unpaired) electrons. The highest BCUT2D eigenvalue weighted by Gasteiger charge is 2.25. The SMILES string of the molecule is CCOC(=O)c1ccc(NC(=O)c2c(N=Cc3ccc(F)cc3)sc3c2CCCC3)cc1. The second-order valence-electron chi connectivity index (χ2n) is 7.45. The van der Waals surface area contributed by atoms with E-state index in [1.165, 1.54) is 17.0 Å². The van der Waals surface area contributed by atoms with Crippen LogP contribution < -0.4 is 5.32 Å². The van der Waals surface area contributed by atoms with Gasteiger partial charge in [0.25, 0.3) is 5.91 Å². The van der Waals surface area contributed by atoms with Crippen molar-refractivity contribution in [3.63, 3.8) is 0 Å². The molecule has 0 fully saturated rings. The third-order valence-corrected chi connectivity index (χ3v) is 6.43. The van der Waals surface area contributed by atoms with E-state index in [2.05, 4.69) is 10.3 Å².